The molecule has 0 spiro atoms. The van der Waals surface area contributed by atoms with Crippen molar-refractivity contribution in [3.05, 3.63) is 57.8 Å². The van der Waals surface area contributed by atoms with E-state index in [1.165, 1.54) is 0 Å². The summed E-state index contributed by atoms with van der Waals surface area (Å²) < 4.78 is 11.8. The van der Waals surface area contributed by atoms with Gasteiger partial charge in [-0.3, -0.25) is 0 Å². The van der Waals surface area contributed by atoms with Gasteiger partial charge in [0, 0.05) is 11.8 Å². The van der Waals surface area contributed by atoms with Crippen molar-refractivity contribution < 1.29 is 14.1 Å². The Hall–Kier alpha value is -2.67. The second-order valence-electron chi connectivity index (χ2n) is 5.35. The first-order valence-corrected chi connectivity index (χ1v) is 7.61. The van der Waals surface area contributed by atoms with Gasteiger partial charge in [-0.1, -0.05) is 16.8 Å². The molecule has 3 heterocycles. The highest BCUT2D eigenvalue weighted by Crippen LogP contribution is 2.19. The predicted molar refractivity (Wildman–Crippen MR) is 86.2 cm³/mol. The summed E-state index contributed by atoms with van der Waals surface area (Å²) in [5.41, 5.74) is 2.49. The largest absolute Gasteiger partial charge is 0.453 e. The molecule has 3 aromatic heterocycles. The lowest BCUT2D eigenvalue weighted by molar-refractivity contribution is 0.0430. The monoisotopic (exact) mass is 346 g/mol. The zero-order valence-electron chi connectivity index (χ0n) is 13.4. The molecule has 0 radical (unpaired) electrons. The van der Waals surface area contributed by atoms with Gasteiger partial charge >= 0.3 is 5.97 Å². The van der Waals surface area contributed by atoms with E-state index in [0.717, 1.165) is 11.4 Å². The molecule has 0 N–H and O–H groups in total. The fourth-order valence-electron chi connectivity index (χ4n) is 2.24. The van der Waals surface area contributed by atoms with Crippen molar-refractivity contribution in [3.8, 4) is 5.82 Å². The van der Waals surface area contributed by atoms with E-state index >= 15 is 0 Å². The highest BCUT2D eigenvalue weighted by Gasteiger charge is 2.17. The summed E-state index contributed by atoms with van der Waals surface area (Å²) in [4.78, 5) is 16.5. The lowest BCUT2D eigenvalue weighted by Crippen LogP contribution is -2.11. The van der Waals surface area contributed by atoms with Crippen LogP contribution >= 0.6 is 11.6 Å². The fraction of sp³-hybridized carbons (Fsp3) is 0.250. The number of ether oxygens (including phenoxy) is 1. The van der Waals surface area contributed by atoms with Gasteiger partial charge < -0.3 is 9.26 Å². The lowest BCUT2D eigenvalue weighted by atomic mass is 10.3. The van der Waals surface area contributed by atoms with Gasteiger partial charge in [-0.15, -0.1) is 0 Å². The minimum absolute atomic E-state index is 0.0259. The molecule has 0 unspecified atom stereocenters. The number of halogens is 1. The van der Waals surface area contributed by atoms with Crippen LogP contribution in [0.25, 0.3) is 5.82 Å². The van der Waals surface area contributed by atoms with Crippen LogP contribution in [0, 0.1) is 20.8 Å². The maximum atomic E-state index is 12.3. The fourth-order valence-corrected chi connectivity index (χ4v) is 2.43. The minimum atomic E-state index is -0.641. The molecule has 0 fully saturated rings. The van der Waals surface area contributed by atoms with E-state index in [-0.39, 0.29) is 17.3 Å². The summed E-state index contributed by atoms with van der Waals surface area (Å²) in [5.74, 6) is 0.302. The van der Waals surface area contributed by atoms with Gasteiger partial charge in [-0.05, 0) is 39.0 Å². The Labute approximate surface area is 143 Å². The molecular weight excluding hydrogens is 332 g/mol. The molecule has 8 heteroatoms. The molecule has 3 rings (SSSR count). The number of hydrogen-bond donors (Lipinski definition) is 0. The van der Waals surface area contributed by atoms with Crippen LogP contribution in [0.3, 0.4) is 0 Å². The van der Waals surface area contributed by atoms with Crippen LogP contribution in [0.2, 0.25) is 5.02 Å². The molecule has 0 aromatic carbocycles. The average Bonchev–Trinajstić information content (AvgIpc) is 3.10. The van der Waals surface area contributed by atoms with E-state index in [2.05, 4.69) is 15.2 Å². The molecule has 3 aromatic rings. The van der Waals surface area contributed by atoms with Gasteiger partial charge in [0.15, 0.2) is 23.9 Å². The smallest absolute Gasteiger partial charge is 0.359 e. The van der Waals surface area contributed by atoms with E-state index in [1.54, 1.807) is 29.8 Å². The van der Waals surface area contributed by atoms with Crippen LogP contribution in [0.5, 0.6) is 0 Å². The number of carbonyl (C=O) groups is 1. The number of rotatable bonds is 4. The molecule has 0 aliphatic rings. The van der Waals surface area contributed by atoms with E-state index in [0.29, 0.717) is 17.3 Å². The Morgan fingerprint density at radius 3 is 2.67 bits per heavy atom. The third-order valence-electron chi connectivity index (χ3n) is 3.27. The normalized spacial score (nSPS) is 10.8. The standard InChI is InChI=1S/C16H15ClN4O3/c1-9-6-11(3)21(19-9)14-5-4-13(17)15(18-14)16(22)23-8-12-7-10(2)20-24-12/h4-7H,8H2,1-3H3. The maximum absolute atomic E-state index is 12.3. The number of esters is 1. The summed E-state index contributed by atoms with van der Waals surface area (Å²) in [5, 5.41) is 8.28. The number of aromatic nitrogens is 4. The van der Waals surface area contributed by atoms with Crippen LogP contribution in [-0.2, 0) is 11.3 Å². The molecule has 7 nitrogen and oxygen atoms in total. The van der Waals surface area contributed by atoms with Crippen LogP contribution in [-0.4, -0.2) is 25.9 Å². The number of nitrogens with zero attached hydrogens (tertiary/aromatic N) is 4. The van der Waals surface area contributed by atoms with E-state index in [4.69, 9.17) is 20.9 Å². The van der Waals surface area contributed by atoms with Gasteiger partial charge in [-0.2, -0.15) is 5.10 Å². The van der Waals surface area contributed by atoms with Crippen molar-refractivity contribution >= 4 is 17.6 Å². The van der Waals surface area contributed by atoms with Crippen LogP contribution in [0.15, 0.2) is 28.8 Å². The van der Waals surface area contributed by atoms with E-state index < -0.39 is 5.97 Å². The first kappa shape index (κ1) is 16.2. The second-order valence-corrected chi connectivity index (χ2v) is 5.76. The zero-order valence-corrected chi connectivity index (χ0v) is 14.2. The van der Waals surface area contributed by atoms with Crippen LogP contribution in [0.1, 0.15) is 33.3 Å². The van der Waals surface area contributed by atoms with Crippen molar-refractivity contribution in [1.29, 1.82) is 0 Å². The number of carbonyl (C=O) groups excluding carboxylic acids is 1. The summed E-state index contributed by atoms with van der Waals surface area (Å²) >= 11 is 6.08. The van der Waals surface area contributed by atoms with Gasteiger partial charge in [0.1, 0.15) is 0 Å². The third-order valence-corrected chi connectivity index (χ3v) is 3.58. The Morgan fingerprint density at radius 1 is 1.25 bits per heavy atom. The predicted octanol–water partition coefficient (Wildman–Crippen LogP) is 3.19. The van der Waals surface area contributed by atoms with Crippen LogP contribution in [0.4, 0.5) is 0 Å². The summed E-state index contributed by atoms with van der Waals surface area (Å²) in [6.07, 6.45) is 0. The molecule has 0 saturated heterocycles. The number of aryl methyl sites for hydroxylation is 3. The zero-order chi connectivity index (χ0) is 17.3. The third kappa shape index (κ3) is 3.30. The topological polar surface area (TPSA) is 83.0 Å². The number of pyridine rings is 1. The Kier molecular flexibility index (Phi) is 4.35. The molecule has 0 aliphatic carbocycles. The summed E-state index contributed by atoms with van der Waals surface area (Å²) in [7, 11) is 0. The van der Waals surface area contributed by atoms with Crippen molar-refractivity contribution in [2.45, 2.75) is 27.4 Å². The highest BCUT2D eigenvalue weighted by atomic mass is 35.5. The van der Waals surface area contributed by atoms with E-state index in [9.17, 15) is 4.79 Å². The molecule has 0 atom stereocenters. The molecule has 124 valence electrons. The second kappa shape index (κ2) is 6.45. The Bertz CT molecular complexity index is 901. The molecule has 0 aliphatic heterocycles. The Morgan fingerprint density at radius 2 is 2.04 bits per heavy atom. The molecule has 0 bridgehead atoms. The summed E-state index contributed by atoms with van der Waals surface area (Å²) in [6, 6.07) is 6.89. The SMILES string of the molecule is Cc1cc(COC(=O)c2nc(-n3nc(C)cc3C)ccc2Cl)on1. The summed E-state index contributed by atoms with van der Waals surface area (Å²) in [6.45, 7) is 5.53. The van der Waals surface area contributed by atoms with Crippen LogP contribution < -0.4 is 0 Å². The van der Waals surface area contributed by atoms with Gasteiger partial charge in [0.25, 0.3) is 0 Å². The highest BCUT2D eigenvalue weighted by molar-refractivity contribution is 6.33. The van der Waals surface area contributed by atoms with Gasteiger partial charge in [-0.25, -0.2) is 14.5 Å². The minimum Gasteiger partial charge on any atom is -0.453 e. The van der Waals surface area contributed by atoms with Crippen molar-refractivity contribution in [2.24, 2.45) is 0 Å². The molecular formula is C16H15ClN4O3. The number of hydrogen-bond acceptors (Lipinski definition) is 6. The van der Waals surface area contributed by atoms with Gasteiger partial charge in [0.05, 0.1) is 16.4 Å². The lowest BCUT2D eigenvalue weighted by Gasteiger charge is -2.08. The first-order valence-electron chi connectivity index (χ1n) is 7.23. The Balaban J connectivity index is 1.83. The molecule has 24 heavy (non-hydrogen) atoms. The van der Waals surface area contributed by atoms with E-state index in [1.807, 2.05) is 19.9 Å². The first-order chi connectivity index (χ1) is 11.4. The molecule has 0 amide bonds. The quantitative estimate of drug-likeness (QED) is 0.675. The average molecular weight is 347 g/mol. The maximum Gasteiger partial charge on any atom is 0.359 e. The molecule has 0 saturated carbocycles. The van der Waals surface area contributed by atoms with Crippen molar-refractivity contribution in [3.63, 3.8) is 0 Å². The van der Waals surface area contributed by atoms with Crippen molar-refractivity contribution in [1.82, 2.24) is 19.9 Å². The van der Waals surface area contributed by atoms with Crippen molar-refractivity contribution in [2.75, 3.05) is 0 Å². The van der Waals surface area contributed by atoms with Gasteiger partial charge in [0.2, 0.25) is 0 Å².